The highest BCUT2D eigenvalue weighted by Gasteiger charge is 2.20. The predicted molar refractivity (Wildman–Crippen MR) is 67.3 cm³/mol. The summed E-state index contributed by atoms with van der Waals surface area (Å²) < 4.78 is 0. The topological polar surface area (TPSA) is 6.48 Å². The molecule has 1 rings (SSSR count). The minimum Gasteiger partial charge on any atom is -0.304 e. The highest BCUT2D eigenvalue weighted by molar-refractivity contribution is 4.77. The van der Waals surface area contributed by atoms with Crippen LogP contribution in [0.1, 0.15) is 46.0 Å². The summed E-state index contributed by atoms with van der Waals surface area (Å²) in [5.74, 6) is 0. The van der Waals surface area contributed by atoms with Crippen LogP contribution in [0.4, 0.5) is 0 Å². The molecular formula is C13H28N2. The Bertz CT molecular complexity index is 151. The standard InChI is InChI=1S/C13H28N2/c1-4-6-8-13(7-5-2)15-11-9-14(3)10-12-15/h13H,4-12H2,1-3H3. The van der Waals surface area contributed by atoms with Gasteiger partial charge < -0.3 is 4.90 Å². The molecule has 1 saturated heterocycles. The highest BCUT2D eigenvalue weighted by Crippen LogP contribution is 2.16. The van der Waals surface area contributed by atoms with E-state index >= 15 is 0 Å². The van der Waals surface area contributed by atoms with Crippen LogP contribution in [-0.4, -0.2) is 49.1 Å². The Balaban J connectivity index is 2.33. The molecule has 0 amide bonds. The van der Waals surface area contributed by atoms with Crippen molar-refractivity contribution in [2.24, 2.45) is 0 Å². The van der Waals surface area contributed by atoms with Crippen LogP contribution >= 0.6 is 0 Å². The van der Waals surface area contributed by atoms with Gasteiger partial charge in [-0.2, -0.15) is 0 Å². The van der Waals surface area contributed by atoms with Gasteiger partial charge in [-0.25, -0.2) is 0 Å². The number of likely N-dealkylation sites (N-methyl/N-ethyl adjacent to an activating group) is 1. The van der Waals surface area contributed by atoms with Gasteiger partial charge in [0.15, 0.2) is 0 Å². The maximum atomic E-state index is 2.72. The molecular weight excluding hydrogens is 184 g/mol. The van der Waals surface area contributed by atoms with Gasteiger partial charge in [-0.3, -0.25) is 4.90 Å². The molecule has 15 heavy (non-hydrogen) atoms. The third-order valence-corrected chi connectivity index (χ3v) is 3.57. The monoisotopic (exact) mass is 212 g/mol. The molecule has 0 bridgehead atoms. The van der Waals surface area contributed by atoms with Gasteiger partial charge in [0.05, 0.1) is 0 Å². The highest BCUT2D eigenvalue weighted by atomic mass is 15.3. The van der Waals surface area contributed by atoms with E-state index < -0.39 is 0 Å². The number of hydrogen-bond acceptors (Lipinski definition) is 2. The minimum atomic E-state index is 0.864. The van der Waals surface area contributed by atoms with Gasteiger partial charge in [0.1, 0.15) is 0 Å². The van der Waals surface area contributed by atoms with Crippen LogP contribution in [0.25, 0.3) is 0 Å². The van der Waals surface area contributed by atoms with Crippen molar-refractivity contribution in [1.82, 2.24) is 9.80 Å². The molecule has 1 aliphatic heterocycles. The zero-order chi connectivity index (χ0) is 11.1. The minimum absolute atomic E-state index is 0.864. The fourth-order valence-corrected chi connectivity index (χ4v) is 2.47. The van der Waals surface area contributed by atoms with Gasteiger partial charge in [-0.05, 0) is 19.9 Å². The molecule has 0 spiro atoms. The maximum absolute atomic E-state index is 2.72. The smallest absolute Gasteiger partial charge is 0.0113 e. The van der Waals surface area contributed by atoms with E-state index in [2.05, 4.69) is 30.7 Å². The molecule has 0 aromatic heterocycles. The summed E-state index contributed by atoms with van der Waals surface area (Å²) in [6, 6.07) is 0.864. The second-order valence-electron chi connectivity index (χ2n) is 4.92. The number of piperazine rings is 1. The summed E-state index contributed by atoms with van der Waals surface area (Å²) in [5, 5.41) is 0. The number of hydrogen-bond donors (Lipinski definition) is 0. The quantitative estimate of drug-likeness (QED) is 0.668. The Kier molecular flexibility index (Phi) is 6.26. The van der Waals surface area contributed by atoms with E-state index in [1.807, 2.05) is 0 Å². The zero-order valence-electron chi connectivity index (χ0n) is 10.8. The van der Waals surface area contributed by atoms with E-state index in [0.29, 0.717) is 0 Å². The van der Waals surface area contributed by atoms with Crippen molar-refractivity contribution in [1.29, 1.82) is 0 Å². The van der Waals surface area contributed by atoms with Crippen molar-refractivity contribution in [2.75, 3.05) is 33.2 Å². The van der Waals surface area contributed by atoms with Crippen LogP contribution < -0.4 is 0 Å². The second kappa shape index (κ2) is 7.24. The molecule has 2 nitrogen and oxygen atoms in total. The van der Waals surface area contributed by atoms with Crippen molar-refractivity contribution in [3.05, 3.63) is 0 Å². The average molecular weight is 212 g/mol. The van der Waals surface area contributed by atoms with Crippen LogP contribution in [0.15, 0.2) is 0 Å². The van der Waals surface area contributed by atoms with E-state index in [1.165, 1.54) is 58.3 Å². The Labute approximate surface area is 95.6 Å². The third kappa shape index (κ3) is 4.52. The van der Waals surface area contributed by atoms with E-state index in [9.17, 15) is 0 Å². The normalized spacial score (nSPS) is 21.8. The third-order valence-electron chi connectivity index (χ3n) is 3.57. The molecule has 2 heteroatoms. The van der Waals surface area contributed by atoms with Gasteiger partial charge >= 0.3 is 0 Å². The molecule has 1 atom stereocenters. The fraction of sp³-hybridized carbons (Fsp3) is 1.00. The molecule has 0 aromatic carbocycles. The predicted octanol–water partition coefficient (Wildman–Crippen LogP) is 2.59. The Morgan fingerprint density at radius 2 is 1.60 bits per heavy atom. The van der Waals surface area contributed by atoms with Gasteiger partial charge in [0, 0.05) is 32.2 Å². The lowest BCUT2D eigenvalue weighted by Crippen LogP contribution is -2.48. The summed E-state index contributed by atoms with van der Waals surface area (Å²) in [6.45, 7) is 9.69. The van der Waals surface area contributed by atoms with Crippen molar-refractivity contribution < 1.29 is 0 Å². The van der Waals surface area contributed by atoms with Gasteiger partial charge in [0.25, 0.3) is 0 Å². The molecule has 1 aliphatic rings. The van der Waals surface area contributed by atoms with Crippen molar-refractivity contribution >= 4 is 0 Å². The Morgan fingerprint density at radius 1 is 0.933 bits per heavy atom. The van der Waals surface area contributed by atoms with Crippen LogP contribution in [0.2, 0.25) is 0 Å². The first-order valence-corrected chi connectivity index (χ1v) is 6.70. The molecule has 0 N–H and O–H groups in total. The Hall–Kier alpha value is -0.0800. The molecule has 1 unspecified atom stereocenters. The van der Waals surface area contributed by atoms with Crippen LogP contribution in [0.3, 0.4) is 0 Å². The van der Waals surface area contributed by atoms with Crippen molar-refractivity contribution in [2.45, 2.75) is 52.0 Å². The van der Waals surface area contributed by atoms with Crippen molar-refractivity contribution in [3.8, 4) is 0 Å². The fourth-order valence-electron chi connectivity index (χ4n) is 2.47. The lowest BCUT2D eigenvalue weighted by atomic mass is 10.0. The van der Waals surface area contributed by atoms with E-state index in [1.54, 1.807) is 0 Å². The van der Waals surface area contributed by atoms with E-state index in [0.717, 1.165) is 6.04 Å². The van der Waals surface area contributed by atoms with Gasteiger partial charge in [0.2, 0.25) is 0 Å². The number of nitrogens with zero attached hydrogens (tertiary/aromatic N) is 2. The lowest BCUT2D eigenvalue weighted by molar-refractivity contribution is 0.100. The first-order valence-electron chi connectivity index (χ1n) is 6.70. The summed E-state index contributed by atoms with van der Waals surface area (Å²) in [7, 11) is 2.23. The summed E-state index contributed by atoms with van der Waals surface area (Å²) in [6.07, 6.45) is 6.88. The van der Waals surface area contributed by atoms with Crippen LogP contribution in [0, 0.1) is 0 Å². The van der Waals surface area contributed by atoms with Crippen LogP contribution in [0.5, 0.6) is 0 Å². The SMILES string of the molecule is CCCCC(CCC)N1CCN(C)CC1. The van der Waals surface area contributed by atoms with Crippen molar-refractivity contribution in [3.63, 3.8) is 0 Å². The first kappa shape index (κ1) is 13.0. The average Bonchev–Trinajstić information content (AvgIpc) is 2.25. The maximum Gasteiger partial charge on any atom is 0.0113 e. The molecule has 1 fully saturated rings. The summed E-state index contributed by atoms with van der Waals surface area (Å²) in [4.78, 5) is 5.17. The summed E-state index contributed by atoms with van der Waals surface area (Å²) in [5.41, 5.74) is 0. The molecule has 0 aliphatic carbocycles. The largest absolute Gasteiger partial charge is 0.304 e. The van der Waals surface area contributed by atoms with Gasteiger partial charge in [-0.15, -0.1) is 0 Å². The molecule has 0 aromatic rings. The first-order chi connectivity index (χ1) is 7.27. The summed E-state index contributed by atoms with van der Waals surface area (Å²) >= 11 is 0. The molecule has 90 valence electrons. The zero-order valence-corrected chi connectivity index (χ0v) is 10.8. The molecule has 1 heterocycles. The molecule has 0 saturated carbocycles. The van der Waals surface area contributed by atoms with Gasteiger partial charge in [-0.1, -0.05) is 33.1 Å². The van der Waals surface area contributed by atoms with Crippen LogP contribution in [-0.2, 0) is 0 Å². The van der Waals surface area contributed by atoms with E-state index in [-0.39, 0.29) is 0 Å². The lowest BCUT2D eigenvalue weighted by Gasteiger charge is -2.38. The second-order valence-corrected chi connectivity index (χ2v) is 4.92. The number of unbranched alkanes of at least 4 members (excludes halogenated alkanes) is 1. The van der Waals surface area contributed by atoms with E-state index in [4.69, 9.17) is 0 Å². The Morgan fingerprint density at radius 3 is 2.13 bits per heavy atom. The molecule has 0 radical (unpaired) electrons. The number of rotatable bonds is 6.